The van der Waals surface area contributed by atoms with Crippen LogP contribution in [-0.4, -0.2) is 32.8 Å². The Morgan fingerprint density at radius 2 is 1.89 bits per heavy atom. The largest absolute Gasteiger partial charge is 0.381 e. The van der Waals surface area contributed by atoms with Crippen LogP contribution in [0.1, 0.15) is 52.9 Å². The third-order valence-corrected chi connectivity index (χ3v) is 4.28. The van der Waals surface area contributed by atoms with Gasteiger partial charge in [0, 0.05) is 19.8 Å². The molecule has 0 aromatic carbocycles. The van der Waals surface area contributed by atoms with Gasteiger partial charge in [0.25, 0.3) is 0 Å². The molecule has 1 fully saturated rings. The van der Waals surface area contributed by atoms with Crippen LogP contribution < -0.4 is 11.1 Å². The number of hydrogen-bond acceptors (Lipinski definition) is 3. The van der Waals surface area contributed by atoms with E-state index < -0.39 is 0 Å². The van der Waals surface area contributed by atoms with E-state index >= 15 is 0 Å². The fourth-order valence-electron chi connectivity index (χ4n) is 2.64. The van der Waals surface area contributed by atoms with Crippen LogP contribution in [0.3, 0.4) is 0 Å². The fraction of sp³-hybridized carbons (Fsp3) is 1.00. The van der Waals surface area contributed by atoms with Gasteiger partial charge in [0.2, 0.25) is 0 Å². The summed E-state index contributed by atoms with van der Waals surface area (Å²) in [4.78, 5) is 0. The molecule has 0 aromatic heterocycles. The summed E-state index contributed by atoms with van der Waals surface area (Å²) in [7, 11) is 0. The van der Waals surface area contributed by atoms with Crippen LogP contribution in [0.15, 0.2) is 0 Å². The highest BCUT2D eigenvalue weighted by Crippen LogP contribution is 2.29. The van der Waals surface area contributed by atoms with Crippen molar-refractivity contribution in [1.29, 1.82) is 0 Å². The second-order valence-electron chi connectivity index (χ2n) is 6.91. The molecular formula is C15H32N2O. The van der Waals surface area contributed by atoms with Crippen LogP contribution in [0.5, 0.6) is 0 Å². The van der Waals surface area contributed by atoms with Gasteiger partial charge in [-0.2, -0.15) is 0 Å². The first-order valence-corrected chi connectivity index (χ1v) is 7.46. The SMILES string of the molecule is CC(C)(CCN)CCCNCC1(C)CCOCC1. The van der Waals surface area contributed by atoms with E-state index in [4.69, 9.17) is 10.5 Å². The number of ether oxygens (including phenoxy) is 1. The van der Waals surface area contributed by atoms with Gasteiger partial charge < -0.3 is 15.8 Å². The Morgan fingerprint density at radius 3 is 2.50 bits per heavy atom. The predicted octanol–water partition coefficient (Wildman–Crippen LogP) is 2.55. The van der Waals surface area contributed by atoms with Crippen LogP contribution in [-0.2, 0) is 4.74 Å². The topological polar surface area (TPSA) is 47.3 Å². The minimum absolute atomic E-state index is 0.402. The van der Waals surface area contributed by atoms with Crippen molar-refractivity contribution in [3.05, 3.63) is 0 Å². The van der Waals surface area contributed by atoms with Crippen LogP contribution >= 0.6 is 0 Å². The zero-order chi connectivity index (χ0) is 13.5. The van der Waals surface area contributed by atoms with Crippen LogP contribution in [0.2, 0.25) is 0 Å². The number of hydrogen-bond donors (Lipinski definition) is 2. The van der Waals surface area contributed by atoms with Gasteiger partial charge in [-0.1, -0.05) is 20.8 Å². The molecule has 0 bridgehead atoms. The highest BCUT2D eigenvalue weighted by atomic mass is 16.5. The lowest BCUT2D eigenvalue weighted by molar-refractivity contribution is 0.0241. The lowest BCUT2D eigenvalue weighted by atomic mass is 9.82. The van der Waals surface area contributed by atoms with Crippen LogP contribution in [0.25, 0.3) is 0 Å². The third-order valence-electron chi connectivity index (χ3n) is 4.28. The summed E-state index contributed by atoms with van der Waals surface area (Å²) in [5.41, 5.74) is 6.48. The van der Waals surface area contributed by atoms with E-state index in [1.165, 1.54) is 25.7 Å². The lowest BCUT2D eigenvalue weighted by Gasteiger charge is -2.34. The maximum atomic E-state index is 5.63. The molecule has 0 aliphatic carbocycles. The molecule has 3 nitrogen and oxygen atoms in total. The first-order valence-electron chi connectivity index (χ1n) is 7.46. The minimum atomic E-state index is 0.402. The van der Waals surface area contributed by atoms with Gasteiger partial charge in [-0.15, -0.1) is 0 Å². The molecule has 0 atom stereocenters. The summed E-state index contributed by atoms with van der Waals surface area (Å²) in [6.45, 7) is 11.9. The van der Waals surface area contributed by atoms with Crippen molar-refractivity contribution in [1.82, 2.24) is 5.32 Å². The molecule has 0 unspecified atom stereocenters. The summed E-state index contributed by atoms with van der Waals surface area (Å²) in [5, 5.41) is 3.62. The van der Waals surface area contributed by atoms with Crippen LogP contribution in [0, 0.1) is 10.8 Å². The molecule has 108 valence electrons. The van der Waals surface area contributed by atoms with Gasteiger partial charge in [0.15, 0.2) is 0 Å². The Morgan fingerprint density at radius 1 is 1.22 bits per heavy atom. The van der Waals surface area contributed by atoms with Crippen molar-refractivity contribution in [2.24, 2.45) is 16.6 Å². The molecule has 3 N–H and O–H groups in total. The predicted molar refractivity (Wildman–Crippen MR) is 77.7 cm³/mol. The van der Waals surface area contributed by atoms with E-state index in [9.17, 15) is 0 Å². The smallest absolute Gasteiger partial charge is 0.0471 e. The van der Waals surface area contributed by atoms with Gasteiger partial charge in [-0.25, -0.2) is 0 Å². The first kappa shape index (κ1) is 15.9. The van der Waals surface area contributed by atoms with E-state index in [1.807, 2.05) is 0 Å². The van der Waals surface area contributed by atoms with Crippen molar-refractivity contribution in [2.45, 2.75) is 52.9 Å². The molecule has 1 saturated heterocycles. The molecule has 0 amide bonds. The molecule has 18 heavy (non-hydrogen) atoms. The molecule has 3 heteroatoms. The molecule has 0 saturated carbocycles. The maximum Gasteiger partial charge on any atom is 0.0471 e. The van der Waals surface area contributed by atoms with E-state index in [0.717, 1.165) is 39.3 Å². The quantitative estimate of drug-likeness (QED) is 0.656. The summed E-state index contributed by atoms with van der Waals surface area (Å²) in [5.74, 6) is 0. The van der Waals surface area contributed by atoms with E-state index in [-0.39, 0.29) is 0 Å². The van der Waals surface area contributed by atoms with E-state index in [2.05, 4.69) is 26.1 Å². The first-order chi connectivity index (χ1) is 8.47. The maximum absolute atomic E-state index is 5.63. The van der Waals surface area contributed by atoms with Crippen molar-refractivity contribution in [3.63, 3.8) is 0 Å². The molecule has 1 heterocycles. The third kappa shape index (κ3) is 6.17. The van der Waals surface area contributed by atoms with Crippen LogP contribution in [0.4, 0.5) is 0 Å². The summed E-state index contributed by atoms with van der Waals surface area (Å²) < 4.78 is 5.42. The number of nitrogens with one attached hydrogen (secondary N) is 1. The van der Waals surface area contributed by atoms with E-state index in [0.29, 0.717) is 10.8 Å². The highest BCUT2D eigenvalue weighted by molar-refractivity contribution is 4.79. The second kappa shape index (κ2) is 7.46. The van der Waals surface area contributed by atoms with Crippen molar-refractivity contribution < 1.29 is 4.74 Å². The van der Waals surface area contributed by atoms with Gasteiger partial charge in [0.05, 0.1) is 0 Å². The summed E-state index contributed by atoms with van der Waals surface area (Å²) in [6, 6.07) is 0. The summed E-state index contributed by atoms with van der Waals surface area (Å²) >= 11 is 0. The molecule has 1 aliphatic heterocycles. The zero-order valence-electron chi connectivity index (χ0n) is 12.6. The molecule has 0 aromatic rings. The normalized spacial score (nSPS) is 20.0. The molecular weight excluding hydrogens is 224 g/mol. The Bertz CT molecular complexity index is 223. The Hall–Kier alpha value is -0.120. The molecule has 0 radical (unpaired) electrons. The molecule has 1 rings (SSSR count). The fourth-order valence-corrected chi connectivity index (χ4v) is 2.64. The van der Waals surface area contributed by atoms with Crippen molar-refractivity contribution >= 4 is 0 Å². The Labute approximate surface area is 113 Å². The number of nitrogens with two attached hydrogens (primary N) is 1. The Kier molecular flexibility index (Phi) is 6.61. The Balaban J connectivity index is 2.07. The summed E-state index contributed by atoms with van der Waals surface area (Å²) in [6.07, 6.45) is 6.02. The molecule has 1 aliphatic rings. The average Bonchev–Trinajstić information content (AvgIpc) is 2.29. The van der Waals surface area contributed by atoms with Gasteiger partial charge in [-0.3, -0.25) is 0 Å². The average molecular weight is 256 g/mol. The minimum Gasteiger partial charge on any atom is -0.381 e. The van der Waals surface area contributed by atoms with Crippen molar-refractivity contribution in [2.75, 3.05) is 32.8 Å². The van der Waals surface area contributed by atoms with Crippen molar-refractivity contribution in [3.8, 4) is 0 Å². The monoisotopic (exact) mass is 256 g/mol. The van der Waals surface area contributed by atoms with Gasteiger partial charge >= 0.3 is 0 Å². The standard InChI is InChI=1S/C15H32N2O/c1-14(2,6-9-16)5-4-10-17-13-15(3)7-11-18-12-8-15/h17H,4-13,16H2,1-3H3. The lowest BCUT2D eigenvalue weighted by Crippen LogP contribution is -2.37. The van der Waals surface area contributed by atoms with Gasteiger partial charge in [0.1, 0.15) is 0 Å². The molecule has 0 spiro atoms. The highest BCUT2D eigenvalue weighted by Gasteiger charge is 2.26. The van der Waals surface area contributed by atoms with Gasteiger partial charge in [-0.05, 0) is 56.0 Å². The second-order valence-corrected chi connectivity index (χ2v) is 6.91. The number of rotatable bonds is 8. The van der Waals surface area contributed by atoms with E-state index in [1.54, 1.807) is 0 Å². The zero-order valence-corrected chi connectivity index (χ0v) is 12.6.